The average molecular weight is 338 g/mol. The van der Waals surface area contributed by atoms with E-state index in [9.17, 15) is 4.79 Å². The summed E-state index contributed by atoms with van der Waals surface area (Å²) in [4.78, 5) is 17.4. The van der Waals surface area contributed by atoms with E-state index in [2.05, 4.69) is 25.8 Å². The zero-order chi connectivity index (χ0) is 14.7. The maximum atomic E-state index is 11.9. The number of carbonyl (C=O) groups excluding carboxylic acids is 1. The van der Waals surface area contributed by atoms with Gasteiger partial charge in [0.25, 0.3) is 0 Å². The number of thiophene rings is 1. The summed E-state index contributed by atoms with van der Waals surface area (Å²) in [7, 11) is 1.73. The van der Waals surface area contributed by atoms with E-state index in [-0.39, 0.29) is 11.7 Å². The molecular weight excluding hydrogens is 328 g/mol. The van der Waals surface area contributed by atoms with E-state index in [0.29, 0.717) is 10.3 Å². The molecule has 21 heavy (non-hydrogen) atoms. The second kappa shape index (κ2) is 6.33. The molecule has 0 saturated carbocycles. The largest absolute Gasteiger partial charge is 0.301 e. The summed E-state index contributed by atoms with van der Waals surface area (Å²) >= 11 is 4.31. The summed E-state index contributed by atoms with van der Waals surface area (Å²) in [5, 5.41) is 18.9. The highest BCUT2D eigenvalue weighted by Gasteiger charge is 2.11. The van der Waals surface area contributed by atoms with Gasteiger partial charge in [-0.1, -0.05) is 17.8 Å². The van der Waals surface area contributed by atoms with E-state index in [4.69, 9.17) is 0 Å². The molecule has 0 saturated heterocycles. The molecule has 0 unspecified atom stereocenters. The van der Waals surface area contributed by atoms with Crippen molar-refractivity contribution >= 4 is 45.5 Å². The van der Waals surface area contributed by atoms with Gasteiger partial charge in [-0.05, 0) is 21.9 Å². The lowest BCUT2D eigenvalue weighted by molar-refractivity contribution is -0.113. The zero-order valence-electron chi connectivity index (χ0n) is 10.9. The Morgan fingerprint density at radius 1 is 1.48 bits per heavy atom. The number of carbonyl (C=O) groups is 1. The van der Waals surface area contributed by atoms with Gasteiger partial charge in [-0.2, -0.15) is 0 Å². The number of thioether (sulfide) groups is 1. The summed E-state index contributed by atoms with van der Waals surface area (Å²) in [5.41, 5.74) is 0.885. The van der Waals surface area contributed by atoms with Crippen LogP contribution in [0.1, 0.15) is 0 Å². The smallest absolute Gasteiger partial charge is 0.236 e. The number of hydrogen-bond acceptors (Lipinski definition) is 8. The second-order valence-electron chi connectivity index (χ2n) is 3.94. The van der Waals surface area contributed by atoms with E-state index in [1.54, 1.807) is 18.4 Å². The van der Waals surface area contributed by atoms with Crippen molar-refractivity contribution in [3.63, 3.8) is 0 Å². The molecule has 0 aliphatic rings. The number of aryl methyl sites for hydroxylation is 1. The Bertz CT molecular complexity index is 735. The lowest BCUT2D eigenvalue weighted by Gasteiger charge is -2.00. The van der Waals surface area contributed by atoms with Gasteiger partial charge in [0.05, 0.1) is 16.3 Å². The number of anilines is 1. The van der Waals surface area contributed by atoms with Crippen molar-refractivity contribution in [1.29, 1.82) is 0 Å². The average Bonchev–Trinajstić information content (AvgIpc) is 3.17. The fourth-order valence-corrected chi connectivity index (χ4v) is 3.64. The minimum Gasteiger partial charge on any atom is -0.301 e. The summed E-state index contributed by atoms with van der Waals surface area (Å²) in [6.07, 6.45) is 0. The van der Waals surface area contributed by atoms with Gasteiger partial charge in [0.1, 0.15) is 0 Å². The molecule has 3 aromatic heterocycles. The SMILES string of the molecule is Cn1nnnc1SCC(=O)Nc1nc(-c2cccs2)cs1. The number of aromatic nitrogens is 5. The van der Waals surface area contributed by atoms with Crippen LogP contribution in [0.25, 0.3) is 10.6 Å². The Balaban J connectivity index is 1.57. The van der Waals surface area contributed by atoms with Gasteiger partial charge in [-0.25, -0.2) is 9.67 Å². The minimum absolute atomic E-state index is 0.130. The van der Waals surface area contributed by atoms with Gasteiger partial charge < -0.3 is 5.32 Å². The zero-order valence-corrected chi connectivity index (χ0v) is 13.3. The number of thiazole rings is 1. The van der Waals surface area contributed by atoms with Gasteiger partial charge in [0, 0.05) is 12.4 Å². The highest BCUT2D eigenvalue weighted by Crippen LogP contribution is 2.28. The van der Waals surface area contributed by atoms with Crippen LogP contribution in [0, 0.1) is 0 Å². The molecule has 0 aromatic carbocycles. The molecule has 3 aromatic rings. The predicted molar refractivity (Wildman–Crippen MR) is 83.6 cm³/mol. The Morgan fingerprint density at radius 2 is 2.38 bits per heavy atom. The third kappa shape index (κ3) is 3.46. The lowest BCUT2D eigenvalue weighted by atomic mass is 10.4. The van der Waals surface area contributed by atoms with Crippen LogP contribution in [-0.2, 0) is 11.8 Å². The van der Waals surface area contributed by atoms with E-state index < -0.39 is 0 Å². The molecule has 1 amide bonds. The van der Waals surface area contributed by atoms with Crippen molar-refractivity contribution in [2.75, 3.05) is 11.1 Å². The molecule has 108 valence electrons. The van der Waals surface area contributed by atoms with Crippen LogP contribution in [-0.4, -0.2) is 36.9 Å². The van der Waals surface area contributed by atoms with Crippen molar-refractivity contribution in [3.8, 4) is 10.6 Å². The van der Waals surface area contributed by atoms with Crippen LogP contribution in [0.3, 0.4) is 0 Å². The quantitative estimate of drug-likeness (QED) is 0.717. The summed E-state index contributed by atoms with van der Waals surface area (Å²) in [6, 6.07) is 3.98. The first-order chi connectivity index (χ1) is 10.2. The molecule has 3 rings (SSSR count). The fraction of sp³-hybridized carbons (Fsp3) is 0.182. The highest BCUT2D eigenvalue weighted by molar-refractivity contribution is 7.99. The summed E-state index contributed by atoms with van der Waals surface area (Å²) < 4.78 is 1.52. The normalized spacial score (nSPS) is 10.7. The van der Waals surface area contributed by atoms with Crippen molar-refractivity contribution in [1.82, 2.24) is 25.2 Å². The molecule has 0 aliphatic heterocycles. The van der Waals surface area contributed by atoms with Crippen LogP contribution < -0.4 is 5.32 Å². The third-order valence-corrected chi connectivity index (χ3v) is 5.10. The molecule has 0 aliphatic carbocycles. The topological polar surface area (TPSA) is 85.6 Å². The Hall–Kier alpha value is -1.78. The van der Waals surface area contributed by atoms with Gasteiger partial charge >= 0.3 is 0 Å². The first kappa shape index (κ1) is 14.2. The number of nitrogens with zero attached hydrogens (tertiary/aromatic N) is 5. The van der Waals surface area contributed by atoms with Crippen molar-refractivity contribution in [2.24, 2.45) is 7.05 Å². The van der Waals surface area contributed by atoms with Crippen molar-refractivity contribution in [3.05, 3.63) is 22.9 Å². The van der Waals surface area contributed by atoms with Crippen molar-refractivity contribution < 1.29 is 4.79 Å². The Kier molecular flexibility index (Phi) is 4.27. The standard InChI is InChI=1S/C11H10N6OS3/c1-17-11(14-15-16-17)21-6-9(18)13-10-12-7(5-20-10)8-3-2-4-19-8/h2-5H,6H2,1H3,(H,12,13,18). The molecule has 3 heterocycles. The highest BCUT2D eigenvalue weighted by atomic mass is 32.2. The Labute approximate surface area is 132 Å². The second-order valence-corrected chi connectivity index (χ2v) is 6.69. The van der Waals surface area contributed by atoms with E-state index in [0.717, 1.165) is 10.6 Å². The molecule has 1 N–H and O–H groups in total. The number of tetrazole rings is 1. The number of amides is 1. The summed E-state index contributed by atoms with van der Waals surface area (Å²) in [6.45, 7) is 0. The molecule has 10 heteroatoms. The van der Waals surface area contributed by atoms with Crippen LogP contribution in [0.5, 0.6) is 0 Å². The minimum atomic E-state index is -0.130. The lowest BCUT2D eigenvalue weighted by Crippen LogP contribution is -2.14. The molecule has 0 atom stereocenters. The van der Waals surface area contributed by atoms with Crippen molar-refractivity contribution in [2.45, 2.75) is 5.16 Å². The molecule has 0 fully saturated rings. The third-order valence-electron chi connectivity index (χ3n) is 2.44. The summed E-state index contributed by atoms with van der Waals surface area (Å²) in [5.74, 6) is 0.109. The molecular formula is C11H10N6OS3. The maximum Gasteiger partial charge on any atom is 0.236 e. The van der Waals surface area contributed by atoms with Gasteiger partial charge in [-0.15, -0.1) is 27.8 Å². The van der Waals surface area contributed by atoms with Gasteiger partial charge in [-0.3, -0.25) is 4.79 Å². The molecule has 0 spiro atoms. The Morgan fingerprint density at radius 3 is 3.10 bits per heavy atom. The van der Waals surface area contributed by atoms with E-state index >= 15 is 0 Å². The van der Waals surface area contributed by atoms with Crippen LogP contribution in [0.15, 0.2) is 28.0 Å². The first-order valence-corrected chi connectivity index (χ1v) is 8.61. The molecule has 7 nitrogen and oxygen atoms in total. The number of rotatable bonds is 5. The predicted octanol–water partition coefficient (Wildman–Crippen LogP) is 2.13. The fourth-order valence-electron chi connectivity index (χ4n) is 1.50. The number of hydrogen-bond donors (Lipinski definition) is 1. The number of nitrogens with one attached hydrogen (secondary N) is 1. The maximum absolute atomic E-state index is 11.9. The van der Waals surface area contributed by atoms with Crippen LogP contribution in [0.4, 0.5) is 5.13 Å². The first-order valence-electron chi connectivity index (χ1n) is 5.87. The van der Waals surface area contributed by atoms with Gasteiger partial charge in [0.2, 0.25) is 11.1 Å². The van der Waals surface area contributed by atoms with Crippen LogP contribution in [0.2, 0.25) is 0 Å². The van der Waals surface area contributed by atoms with Crippen LogP contribution >= 0.6 is 34.4 Å². The molecule has 0 bridgehead atoms. The van der Waals surface area contributed by atoms with Gasteiger partial charge in [0.15, 0.2) is 5.13 Å². The van der Waals surface area contributed by atoms with E-state index in [1.165, 1.54) is 27.8 Å². The molecule has 0 radical (unpaired) electrons. The monoisotopic (exact) mass is 338 g/mol. The van der Waals surface area contributed by atoms with E-state index in [1.807, 2.05) is 22.9 Å².